The van der Waals surface area contributed by atoms with Crippen LogP contribution in [0.15, 0.2) is 30.5 Å². The zero-order valence-electron chi connectivity index (χ0n) is 7.19. The first-order chi connectivity index (χ1) is 6.24. The standard InChI is InChI=1S/C9H10N2O2/c1-2-4-8(13)11-9-7(12)5-3-6-10-9/h2-6,12H,1H3,(H,10,11,13)/b4-2+. The van der Waals surface area contributed by atoms with Crippen molar-refractivity contribution in [2.75, 3.05) is 5.32 Å². The van der Waals surface area contributed by atoms with Crippen molar-refractivity contribution in [2.45, 2.75) is 6.92 Å². The molecule has 0 aromatic carbocycles. The number of amides is 1. The molecule has 0 aliphatic heterocycles. The highest BCUT2D eigenvalue weighted by molar-refractivity contribution is 5.99. The zero-order chi connectivity index (χ0) is 9.68. The van der Waals surface area contributed by atoms with Crippen LogP contribution in [0.5, 0.6) is 5.75 Å². The molecule has 1 amide bonds. The first-order valence-electron chi connectivity index (χ1n) is 3.81. The zero-order valence-corrected chi connectivity index (χ0v) is 7.19. The molecule has 1 aromatic rings. The second-order valence-electron chi connectivity index (χ2n) is 2.36. The van der Waals surface area contributed by atoms with Gasteiger partial charge in [-0.15, -0.1) is 0 Å². The van der Waals surface area contributed by atoms with E-state index in [1.54, 1.807) is 19.1 Å². The molecule has 0 spiro atoms. The van der Waals surface area contributed by atoms with E-state index in [4.69, 9.17) is 0 Å². The van der Waals surface area contributed by atoms with E-state index in [1.165, 1.54) is 18.3 Å². The number of carbonyl (C=O) groups excluding carboxylic acids is 1. The summed E-state index contributed by atoms with van der Waals surface area (Å²) in [6.45, 7) is 1.73. The van der Waals surface area contributed by atoms with E-state index in [2.05, 4.69) is 10.3 Å². The van der Waals surface area contributed by atoms with Gasteiger partial charge in [0.15, 0.2) is 11.6 Å². The predicted molar refractivity (Wildman–Crippen MR) is 49.3 cm³/mol. The summed E-state index contributed by atoms with van der Waals surface area (Å²) in [4.78, 5) is 14.8. The fraction of sp³-hybridized carbons (Fsp3) is 0.111. The molecular weight excluding hydrogens is 168 g/mol. The third-order valence-corrected chi connectivity index (χ3v) is 1.35. The van der Waals surface area contributed by atoms with Gasteiger partial charge in [-0.1, -0.05) is 6.08 Å². The van der Waals surface area contributed by atoms with Gasteiger partial charge in [-0.05, 0) is 25.1 Å². The Kier molecular flexibility index (Phi) is 3.03. The Bertz CT molecular complexity index is 334. The summed E-state index contributed by atoms with van der Waals surface area (Å²) in [5, 5.41) is 11.7. The molecule has 0 fully saturated rings. The molecule has 68 valence electrons. The van der Waals surface area contributed by atoms with Gasteiger partial charge in [-0.2, -0.15) is 0 Å². The van der Waals surface area contributed by atoms with Gasteiger partial charge in [0.1, 0.15) is 0 Å². The molecule has 4 heteroatoms. The van der Waals surface area contributed by atoms with Crippen molar-refractivity contribution in [3.63, 3.8) is 0 Å². The van der Waals surface area contributed by atoms with Crippen LogP contribution in [0.25, 0.3) is 0 Å². The largest absolute Gasteiger partial charge is 0.504 e. The van der Waals surface area contributed by atoms with Crippen LogP contribution in [0.4, 0.5) is 5.82 Å². The lowest BCUT2D eigenvalue weighted by Gasteiger charge is -2.01. The average Bonchev–Trinajstić information content (AvgIpc) is 2.09. The van der Waals surface area contributed by atoms with E-state index in [0.29, 0.717) is 0 Å². The monoisotopic (exact) mass is 178 g/mol. The van der Waals surface area contributed by atoms with Crippen molar-refractivity contribution >= 4 is 11.7 Å². The van der Waals surface area contributed by atoms with Crippen molar-refractivity contribution in [3.05, 3.63) is 30.5 Å². The van der Waals surface area contributed by atoms with E-state index >= 15 is 0 Å². The lowest BCUT2D eigenvalue weighted by molar-refractivity contribution is -0.111. The Labute approximate surface area is 75.9 Å². The SMILES string of the molecule is C/C=C/C(=O)Nc1ncccc1O. The van der Waals surface area contributed by atoms with Gasteiger partial charge in [0.25, 0.3) is 0 Å². The minimum absolute atomic E-state index is 0.0413. The first-order valence-corrected chi connectivity index (χ1v) is 3.81. The highest BCUT2D eigenvalue weighted by atomic mass is 16.3. The third-order valence-electron chi connectivity index (χ3n) is 1.35. The summed E-state index contributed by atoms with van der Waals surface area (Å²) in [5.74, 6) is -0.178. The summed E-state index contributed by atoms with van der Waals surface area (Å²) in [7, 11) is 0. The van der Waals surface area contributed by atoms with Gasteiger partial charge in [0, 0.05) is 6.20 Å². The van der Waals surface area contributed by atoms with Crippen molar-refractivity contribution in [1.82, 2.24) is 4.98 Å². The highest BCUT2D eigenvalue weighted by Gasteiger charge is 2.02. The van der Waals surface area contributed by atoms with Crippen molar-refractivity contribution in [3.8, 4) is 5.75 Å². The Morgan fingerprint density at radius 2 is 2.46 bits per heavy atom. The maximum absolute atomic E-state index is 11.0. The van der Waals surface area contributed by atoms with Crippen LogP contribution >= 0.6 is 0 Å². The molecule has 13 heavy (non-hydrogen) atoms. The maximum atomic E-state index is 11.0. The van der Waals surface area contributed by atoms with Crippen molar-refractivity contribution in [1.29, 1.82) is 0 Å². The molecule has 0 saturated heterocycles. The third kappa shape index (κ3) is 2.59. The quantitative estimate of drug-likeness (QED) is 0.671. The number of hydrogen-bond acceptors (Lipinski definition) is 3. The lowest BCUT2D eigenvalue weighted by atomic mass is 10.4. The number of carbonyl (C=O) groups is 1. The molecule has 1 aromatic heterocycles. The van der Waals surface area contributed by atoms with E-state index in [-0.39, 0.29) is 17.5 Å². The Morgan fingerprint density at radius 1 is 1.69 bits per heavy atom. The van der Waals surface area contributed by atoms with Crippen LogP contribution in [0, 0.1) is 0 Å². The van der Waals surface area contributed by atoms with Crippen molar-refractivity contribution in [2.24, 2.45) is 0 Å². The van der Waals surface area contributed by atoms with Crippen LogP contribution in [-0.2, 0) is 4.79 Å². The molecule has 0 unspecified atom stereocenters. The fourth-order valence-electron chi connectivity index (χ4n) is 0.803. The normalized spacial score (nSPS) is 10.2. The summed E-state index contributed by atoms with van der Waals surface area (Å²) >= 11 is 0. The predicted octanol–water partition coefficient (Wildman–Crippen LogP) is 1.30. The summed E-state index contributed by atoms with van der Waals surface area (Å²) in [6, 6.07) is 3.04. The van der Waals surface area contributed by atoms with Gasteiger partial charge in [0.05, 0.1) is 0 Å². The molecular formula is C9H10N2O2. The van der Waals surface area contributed by atoms with Crippen LogP contribution in [0.2, 0.25) is 0 Å². The molecule has 0 aliphatic carbocycles. The van der Waals surface area contributed by atoms with Crippen LogP contribution in [0.3, 0.4) is 0 Å². The van der Waals surface area contributed by atoms with Gasteiger partial charge in [-0.25, -0.2) is 4.98 Å². The molecule has 4 nitrogen and oxygen atoms in total. The lowest BCUT2D eigenvalue weighted by Crippen LogP contribution is -2.08. The van der Waals surface area contributed by atoms with Gasteiger partial charge >= 0.3 is 0 Å². The number of rotatable bonds is 2. The molecule has 0 saturated carbocycles. The molecule has 0 aliphatic rings. The molecule has 1 heterocycles. The molecule has 0 radical (unpaired) electrons. The van der Waals surface area contributed by atoms with Crippen molar-refractivity contribution < 1.29 is 9.90 Å². The van der Waals surface area contributed by atoms with E-state index in [9.17, 15) is 9.90 Å². The number of aromatic hydroxyl groups is 1. The number of aromatic nitrogens is 1. The number of hydrogen-bond donors (Lipinski definition) is 2. The molecule has 2 N–H and O–H groups in total. The van der Waals surface area contributed by atoms with Gasteiger partial charge in [-0.3, -0.25) is 4.79 Å². The van der Waals surface area contributed by atoms with Crippen LogP contribution in [-0.4, -0.2) is 16.0 Å². The minimum Gasteiger partial charge on any atom is -0.504 e. The minimum atomic E-state index is -0.309. The Hall–Kier alpha value is -1.84. The molecule has 0 bridgehead atoms. The number of anilines is 1. The van der Waals surface area contributed by atoms with E-state index in [1.807, 2.05) is 0 Å². The highest BCUT2D eigenvalue weighted by Crippen LogP contribution is 2.17. The Balaban J connectivity index is 2.74. The van der Waals surface area contributed by atoms with E-state index in [0.717, 1.165) is 0 Å². The van der Waals surface area contributed by atoms with Crippen LogP contribution < -0.4 is 5.32 Å². The number of nitrogens with one attached hydrogen (secondary N) is 1. The van der Waals surface area contributed by atoms with Gasteiger partial charge < -0.3 is 10.4 Å². The number of nitrogens with zero attached hydrogens (tertiary/aromatic N) is 1. The summed E-state index contributed by atoms with van der Waals surface area (Å²) < 4.78 is 0. The fourth-order valence-corrected chi connectivity index (χ4v) is 0.803. The van der Waals surface area contributed by atoms with E-state index < -0.39 is 0 Å². The molecule has 1 rings (SSSR count). The molecule has 0 atom stereocenters. The maximum Gasteiger partial charge on any atom is 0.249 e. The number of allylic oxidation sites excluding steroid dienone is 1. The van der Waals surface area contributed by atoms with Gasteiger partial charge in [0.2, 0.25) is 5.91 Å². The summed E-state index contributed by atoms with van der Waals surface area (Å²) in [5.41, 5.74) is 0. The van der Waals surface area contributed by atoms with Crippen LogP contribution in [0.1, 0.15) is 6.92 Å². The second kappa shape index (κ2) is 4.25. The smallest absolute Gasteiger partial charge is 0.249 e. The summed E-state index contributed by atoms with van der Waals surface area (Å²) in [6.07, 6.45) is 4.45. The number of pyridine rings is 1. The Morgan fingerprint density at radius 3 is 3.08 bits per heavy atom. The first kappa shape index (κ1) is 9.25. The topological polar surface area (TPSA) is 62.2 Å². The second-order valence-corrected chi connectivity index (χ2v) is 2.36. The average molecular weight is 178 g/mol.